The number of ether oxygens (including phenoxy) is 2. The van der Waals surface area contributed by atoms with E-state index in [0.29, 0.717) is 26.3 Å². The number of carbonyl (C=O) groups is 1. The summed E-state index contributed by atoms with van der Waals surface area (Å²) in [6.07, 6.45) is -0.629. The molecule has 0 atom stereocenters. The Balaban J connectivity index is 1.85. The van der Waals surface area contributed by atoms with Gasteiger partial charge in [-0.25, -0.2) is 9.80 Å². The standard InChI is InChI=1S/C11H13N3O5/c15-11(12-13-5-7-18-8-6-13)19-10-3-1-9(2-4-10)14(16)17/h1-4H,5-8H2,(H,12,15). The first-order valence-corrected chi connectivity index (χ1v) is 5.71. The summed E-state index contributed by atoms with van der Waals surface area (Å²) in [6.45, 7) is 2.29. The number of nitro benzene ring substituents is 1. The predicted molar refractivity (Wildman–Crippen MR) is 64.6 cm³/mol. The SMILES string of the molecule is O=C(NN1CCOCC1)Oc1ccc([N+](=O)[O-])cc1. The Morgan fingerprint density at radius 2 is 1.95 bits per heavy atom. The number of nitrogens with one attached hydrogen (secondary N) is 1. The van der Waals surface area contributed by atoms with Crippen LogP contribution in [0.15, 0.2) is 24.3 Å². The van der Waals surface area contributed by atoms with Crippen LogP contribution in [0.2, 0.25) is 0 Å². The third-order valence-corrected chi connectivity index (χ3v) is 2.52. The van der Waals surface area contributed by atoms with Gasteiger partial charge in [-0.2, -0.15) is 0 Å². The molecule has 0 bridgehead atoms. The fourth-order valence-corrected chi connectivity index (χ4v) is 1.57. The number of benzene rings is 1. The molecule has 8 heteroatoms. The van der Waals surface area contributed by atoms with Crippen molar-refractivity contribution in [1.29, 1.82) is 0 Å². The first kappa shape index (κ1) is 13.2. The second kappa shape index (κ2) is 6.12. The van der Waals surface area contributed by atoms with Crippen molar-refractivity contribution in [3.8, 4) is 5.75 Å². The van der Waals surface area contributed by atoms with Crippen LogP contribution in [0.4, 0.5) is 10.5 Å². The van der Waals surface area contributed by atoms with E-state index in [2.05, 4.69) is 5.43 Å². The van der Waals surface area contributed by atoms with E-state index in [1.807, 2.05) is 0 Å². The second-order valence-corrected chi connectivity index (χ2v) is 3.85. The van der Waals surface area contributed by atoms with Gasteiger partial charge in [-0.1, -0.05) is 0 Å². The Bertz CT molecular complexity index is 456. The number of non-ortho nitro benzene ring substituents is 1. The molecule has 1 aromatic rings. The van der Waals surface area contributed by atoms with Gasteiger partial charge in [0.05, 0.1) is 18.1 Å². The number of morpholine rings is 1. The molecule has 0 unspecified atom stereocenters. The molecule has 1 aliphatic rings. The highest BCUT2D eigenvalue weighted by Gasteiger charge is 2.14. The van der Waals surface area contributed by atoms with E-state index in [9.17, 15) is 14.9 Å². The Morgan fingerprint density at radius 3 is 2.53 bits per heavy atom. The van der Waals surface area contributed by atoms with Crippen molar-refractivity contribution in [2.75, 3.05) is 26.3 Å². The molecular weight excluding hydrogens is 254 g/mol. The van der Waals surface area contributed by atoms with Crippen LogP contribution in [-0.2, 0) is 4.74 Å². The largest absolute Gasteiger partial charge is 0.427 e. The Kier molecular flexibility index (Phi) is 4.26. The molecule has 1 heterocycles. The zero-order valence-corrected chi connectivity index (χ0v) is 10.1. The molecule has 8 nitrogen and oxygen atoms in total. The van der Waals surface area contributed by atoms with Gasteiger partial charge >= 0.3 is 6.09 Å². The van der Waals surface area contributed by atoms with Crippen LogP contribution in [0, 0.1) is 10.1 Å². The Labute approximate surface area is 109 Å². The molecule has 1 aliphatic heterocycles. The molecule has 2 rings (SSSR count). The molecule has 0 spiro atoms. The number of nitro groups is 1. The maximum absolute atomic E-state index is 11.5. The zero-order chi connectivity index (χ0) is 13.7. The number of nitrogens with zero attached hydrogens (tertiary/aromatic N) is 2. The number of hydrogen-bond acceptors (Lipinski definition) is 6. The average molecular weight is 267 g/mol. The van der Waals surface area contributed by atoms with Gasteiger partial charge < -0.3 is 9.47 Å². The summed E-state index contributed by atoms with van der Waals surface area (Å²) in [6, 6.07) is 5.29. The highest BCUT2D eigenvalue weighted by atomic mass is 16.6. The van der Waals surface area contributed by atoms with E-state index in [-0.39, 0.29) is 11.4 Å². The molecular formula is C11H13N3O5. The van der Waals surface area contributed by atoms with Crippen molar-refractivity contribution < 1.29 is 19.2 Å². The summed E-state index contributed by atoms with van der Waals surface area (Å²) < 4.78 is 10.1. The van der Waals surface area contributed by atoms with Gasteiger partial charge in [0.1, 0.15) is 5.75 Å². The fraction of sp³-hybridized carbons (Fsp3) is 0.364. The van der Waals surface area contributed by atoms with E-state index >= 15 is 0 Å². The molecule has 19 heavy (non-hydrogen) atoms. The highest BCUT2D eigenvalue weighted by Crippen LogP contribution is 2.17. The molecule has 0 radical (unpaired) electrons. The number of carbonyl (C=O) groups excluding carboxylic acids is 1. The molecule has 1 aromatic carbocycles. The van der Waals surface area contributed by atoms with Gasteiger partial charge in [0.2, 0.25) is 0 Å². The topological polar surface area (TPSA) is 93.9 Å². The van der Waals surface area contributed by atoms with Gasteiger partial charge in [0, 0.05) is 25.2 Å². The summed E-state index contributed by atoms with van der Waals surface area (Å²) in [5.74, 6) is 0.247. The average Bonchev–Trinajstić information content (AvgIpc) is 2.40. The lowest BCUT2D eigenvalue weighted by Gasteiger charge is -2.26. The lowest BCUT2D eigenvalue weighted by atomic mass is 10.3. The third kappa shape index (κ3) is 3.90. The molecule has 0 aromatic heterocycles. The summed E-state index contributed by atoms with van der Waals surface area (Å²) in [5, 5.41) is 12.2. The monoisotopic (exact) mass is 267 g/mol. The van der Waals surface area contributed by atoms with Gasteiger partial charge in [-0.05, 0) is 12.1 Å². The molecule has 1 fully saturated rings. The van der Waals surface area contributed by atoms with Crippen molar-refractivity contribution in [2.24, 2.45) is 0 Å². The van der Waals surface area contributed by atoms with Gasteiger partial charge in [0.15, 0.2) is 0 Å². The smallest absolute Gasteiger partial charge is 0.409 e. The Morgan fingerprint density at radius 1 is 1.32 bits per heavy atom. The molecule has 1 N–H and O–H groups in total. The van der Waals surface area contributed by atoms with Gasteiger partial charge in [-0.15, -0.1) is 0 Å². The predicted octanol–water partition coefficient (Wildman–Crippen LogP) is 0.930. The van der Waals surface area contributed by atoms with Crippen molar-refractivity contribution in [2.45, 2.75) is 0 Å². The van der Waals surface area contributed by atoms with Crippen LogP contribution < -0.4 is 10.2 Å². The minimum Gasteiger partial charge on any atom is -0.409 e. The number of hydrogen-bond donors (Lipinski definition) is 1. The minimum absolute atomic E-state index is 0.0547. The van der Waals surface area contributed by atoms with E-state index < -0.39 is 11.0 Å². The Hall–Kier alpha value is -2.19. The lowest BCUT2D eigenvalue weighted by molar-refractivity contribution is -0.384. The van der Waals surface area contributed by atoms with Crippen LogP contribution in [-0.4, -0.2) is 42.3 Å². The number of hydrazine groups is 1. The first-order valence-electron chi connectivity index (χ1n) is 5.71. The van der Waals surface area contributed by atoms with Crippen molar-refractivity contribution in [1.82, 2.24) is 10.4 Å². The van der Waals surface area contributed by atoms with Crippen LogP contribution in [0.5, 0.6) is 5.75 Å². The van der Waals surface area contributed by atoms with Crippen LogP contribution in [0.1, 0.15) is 0 Å². The lowest BCUT2D eigenvalue weighted by Crippen LogP contribution is -2.49. The fourth-order valence-electron chi connectivity index (χ4n) is 1.57. The number of rotatable bonds is 3. The van der Waals surface area contributed by atoms with Crippen molar-refractivity contribution in [3.63, 3.8) is 0 Å². The zero-order valence-electron chi connectivity index (χ0n) is 10.1. The molecule has 1 saturated heterocycles. The van der Waals surface area contributed by atoms with Gasteiger partial charge in [-0.3, -0.25) is 15.5 Å². The first-order chi connectivity index (χ1) is 9.15. The highest BCUT2D eigenvalue weighted by molar-refractivity contribution is 5.69. The van der Waals surface area contributed by atoms with E-state index in [1.165, 1.54) is 24.3 Å². The van der Waals surface area contributed by atoms with E-state index in [4.69, 9.17) is 9.47 Å². The van der Waals surface area contributed by atoms with E-state index in [0.717, 1.165) is 0 Å². The van der Waals surface area contributed by atoms with Crippen molar-refractivity contribution >= 4 is 11.8 Å². The third-order valence-electron chi connectivity index (χ3n) is 2.52. The van der Waals surface area contributed by atoms with Crippen LogP contribution in [0.25, 0.3) is 0 Å². The maximum atomic E-state index is 11.5. The summed E-state index contributed by atoms with van der Waals surface area (Å²) in [7, 11) is 0. The molecule has 1 amide bonds. The van der Waals surface area contributed by atoms with Gasteiger partial charge in [0.25, 0.3) is 5.69 Å². The van der Waals surface area contributed by atoms with Crippen LogP contribution >= 0.6 is 0 Å². The molecule has 0 saturated carbocycles. The quantitative estimate of drug-likeness (QED) is 0.646. The normalized spacial score (nSPS) is 15.8. The summed E-state index contributed by atoms with van der Waals surface area (Å²) in [4.78, 5) is 21.5. The molecule has 0 aliphatic carbocycles. The maximum Gasteiger partial charge on any atom is 0.427 e. The second-order valence-electron chi connectivity index (χ2n) is 3.85. The summed E-state index contributed by atoms with van der Waals surface area (Å²) in [5.41, 5.74) is 2.51. The van der Waals surface area contributed by atoms with Crippen LogP contribution in [0.3, 0.4) is 0 Å². The summed E-state index contributed by atoms with van der Waals surface area (Å²) >= 11 is 0. The number of amides is 1. The van der Waals surface area contributed by atoms with E-state index in [1.54, 1.807) is 5.01 Å². The van der Waals surface area contributed by atoms with Crippen molar-refractivity contribution in [3.05, 3.63) is 34.4 Å². The molecule has 102 valence electrons. The minimum atomic E-state index is -0.629.